The molecular weight excluding hydrogens is 324 g/mol. The van der Waals surface area contributed by atoms with Gasteiger partial charge >= 0.3 is 0 Å². The van der Waals surface area contributed by atoms with E-state index in [9.17, 15) is 0 Å². The van der Waals surface area contributed by atoms with Crippen molar-refractivity contribution in [2.24, 2.45) is 0 Å². The summed E-state index contributed by atoms with van der Waals surface area (Å²) in [5, 5.41) is 0. The molecule has 0 radical (unpaired) electrons. The molecule has 0 unspecified atom stereocenters. The monoisotopic (exact) mass is 354 g/mol. The molecule has 0 saturated heterocycles. The summed E-state index contributed by atoms with van der Waals surface area (Å²) in [7, 11) is 0. The third-order valence-electron chi connectivity index (χ3n) is 6.06. The van der Waals surface area contributed by atoms with Gasteiger partial charge in [0.2, 0.25) is 0 Å². The molecule has 0 bridgehead atoms. The highest BCUT2D eigenvalue weighted by atomic mass is 14.2. The van der Waals surface area contributed by atoms with E-state index in [1.54, 1.807) is 0 Å². The highest BCUT2D eigenvalue weighted by molar-refractivity contribution is 5.70. The molecule has 0 amide bonds. The van der Waals surface area contributed by atoms with Crippen LogP contribution in [-0.4, -0.2) is 0 Å². The van der Waals surface area contributed by atoms with E-state index in [4.69, 9.17) is 0 Å². The average molecular weight is 355 g/mol. The van der Waals surface area contributed by atoms with Gasteiger partial charge in [0.15, 0.2) is 0 Å². The molecule has 3 aromatic carbocycles. The van der Waals surface area contributed by atoms with E-state index in [0.717, 1.165) is 5.92 Å². The van der Waals surface area contributed by atoms with Gasteiger partial charge in [-0.25, -0.2) is 0 Å². The Morgan fingerprint density at radius 2 is 1.07 bits per heavy atom. The first kappa shape index (κ1) is 18.0. The van der Waals surface area contributed by atoms with Crippen LogP contribution in [-0.2, 0) is 6.42 Å². The molecule has 0 heteroatoms. The number of hydrogen-bond acceptors (Lipinski definition) is 0. The third-order valence-corrected chi connectivity index (χ3v) is 6.06. The minimum absolute atomic E-state index is 0.793. The number of aryl methyl sites for hydroxylation is 1. The maximum absolute atomic E-state index is 2.34. The largest absolute Gasteiger partial charge is 0.0654 e. The van der Waals surface area contributed by atoms with Crippen LogP contribution in [0.1, 0.15) is 62.5 Å². The van der Waals surface area contributed by atoms with E-state index in [2.05, 4.69) is 79.7 Å². The Labute approximate surface area is 164 Å². The second kappa shape index (κ2) is 8.57. The van der Waals surface area contributed by atoms with E-state index in [1.165, 1.54) is 78.3 Å². The zero-order chi connectivity index (χ0) is 18.5. The molecular formula is C27H30. The van der Waals surface area contributed by atoms with Crippen molar-refractivity contribution >= 4 is 0 Å². The molecule has 0 aromatic heterocycles. The summed E-state index contributed by atoms with van der Waals surface area (Å²) in [5.74, 6) is 0.793. The Kier molecular flexibility index (Phi) is 5.72. The van der Waals surface area contributed by atoms with Crippen molar-refractivity contribution in [1.29, 1.82) is 0 Å². The van der Waals surface area contributed by atoms with Crippen LogP contribution in [0.2, 0.25) is 0 Å². The lowest BCUT2D eigenvalue weighted by molar-refractivity contribution is 0.723. The average Bonchev–Trinajstić information content (AvgIpc) is 3.28. The fraction of sp³-hybridized carbons (Fsp3) is 0.333. The lowest BCUT2D eigenvalue weighted by atomic mass is 9.94. The van der Waals surface area contributed by atoms with Crippen molar-refractivity contribution in [3.05, 3.63) is 83.9 Å². The fourth-order valence-electron chi connectivity index (χ4n) is 4.31. The van der Waals surface area contributed by atoms with Crippen LogP contribution in [0.5, 0.6) is 0 Å². The first-order chi connectivity index (χ1) is 13.3. The van der Waals surface area contributed by atoms with Crippen LogP contribution in [0.3, 0.4) is 0 Å². The van der Waals surface area contributed by atoms with Crippen molar-refractivity contribution in [3.63, 3.8) is 0 Å². The normalized spacial score (nSPS) is 14.6. The second-order valence-corrected chi connectivity index (χ2v) is 7.98. The molecule has 1 saturated carbocycles. The van der Waals surface area contributed by atoms with Crippen LogP contribution in [0.4, 0.5) is 0 Å². The zero-order valence-corrected chi connectivity index (χ0v) is 16.5. The van der Waals surface area contributed by atoms with E-state index in [-0.39, 0.29) is 0 Å². The van der Waals surface area contributed by atoms with Crippen LogP contribution in [0.25, 0.3) is 22.3 Å². The minimum Gasteiger partial charge on any atom is -0.0654 e. The summed E-state index contributed by atoms with van der Waals surface area (Å²) in [6.45, 7) is 2.25. The quantitative estimate of drug-likeness (QED) is 0.420. The predicted molar refractivity (Wildman–Crippen MR) is 117 cm³/mol. The summed E-state index contributed by atoms with van der Waals surface area (Å²) in [6.07, 6.45) is 9.24. The van der Waals surface area contributed by atoms with Gasteiger partial charge in [-0.2, -0.15) is 0 Å². The molecule has 4 rings (SSSR count). The molecule has 0 N–H and O–H groups in total. The number of unbranched alkanes of at least 4 members (excludes halogenated alkanes) is 1. The van der Waals surface area contributed by atoms with E-state index >= 15 is 0 Å². The minimum atomic E-state index is 0.793. The topological polar surface area (TPSA) is 0 Å². The Hall–Kier alpha value is -2.34. The molecule has 1 fully saturated rings. The first-order valence-corrected chi connectivity index (χ1v) is 10.6. The van der Waals surface area contributed by atoms with Crippen LogP contribution < -0.4 is 0 Å². The van der Waals surface area contributed by atoms with Crippen molar-refractivity contribution in [2.45, 2.75) is 57.8 Å². The summed E-state index contributed by atoms with van der Waals surface area (Å²) in [4.78, 5) is 0. The highest BCUT2D eigenvalue weighted by Crippen LogP contribution is 2.35. The molecule has 0 atom stereocenters. The lowest BCUT2D eigenvalue weighted by Crippen LogP contribution is -1.91. The molecule has 1 aliphatic carbocycles. The van der Waals surface area contributed by atoms with Crippen LogP contribution >= 0.6 is 0 Å². The molecule has 3 aromatic rings. The van der Waals surface area contributed by atoms with Crippen molar-refractivity contribution in [1.82, 2.24) is 0 Å². The smallest absolute Gasteiger partial charge is 0.0162 e. The van der Waals surface area contributed by atoms with Crippen molar-refractivity contribution < 1.29 is 0 Å². The highest BCUT2D eigenvalue weighted by Gasteiger charge is 2.16. The molecule has 0 heterocycles. The lowest BCUT2D eigenvalue weighted by Gasteiger charge is -2.11. The number of rotatable bonds is 6. The predicted octanol–water partition coefficient (Wildman–Crippen LogP) is 8.02. The van der Waals surface area contributed by atoms with E-state index < -0.39 is 0 Å². The molecule has 0 nitrogen and oxygen atoms in total. The summed E-state index contributed by atoms with van der Waals surface area (Å²) in [5.41, 5.74) is 8.19. The SMILES string of the molecule is CCCCc1ccc(-c2ccc(-c3ccc(C4CCCC4)cc3)cc2)cc1. The van der Waals surface area contributed by atoms with Gasteiger partial charge in [0.25, 0.3) is 0 Å². The van der Waals surface area contributed by atoms with E-state index in [1.807, 2.05) is 0 Å². The molecule has 1 aliphatic rings. The van der Waals surface area contributed by atoms with Gasteiger partial charge in [0.1, 0.15) is 0 Å². The molecule has 138 valence electrons. The third kappa shape index (κ3) is 4.33. The van der Waals surface area contributed by atoms with Crippen LogP contribution in [0, 0.1) is 0 Å². The standard InChI is InChI=1S/C27H30/c1-2-3-6-21-9-11-23(12-10-21)25-17-19-27(20-18-25)26-15-13-24(14-16-26)22-7-4-5-8-22/h9-20,22H,2-8H2,1H3. The molecule has 27 heavy (non-hydrogen) atoms. The van der Waals surface area contributed by atoms with Gasteiger partial charge in [0.05, 0.1) is 0 Å². The second-order valence-electron chi connectivity index (χ2n) is 7.98. The Morgan fingerprint density at radius 1 is 0.630 bits per heavy atom. The maximum Gasteiger partial charge on any atom is -0.0162 e. The Morgan fingerprint density at radius 3 is 1.56 bits per heavy atom. The van der Waals surface area contributed by atoms with Gasteiger partial charge in [0, 0.05) is 0 Å². The Balaban J connectivity index is 1.46. The molecule has 0 aliphatic heterocycles. The van der Waals surface area contributed by atoms with Gasteiger partial charge < -0.3 is 0 Å². The van der Waals surface area contributed by atoms with Gasteiger partial charge in [-0.3, -0.25) is 0 Å². The van der Waals surface area contributed by atoms with Gasteiger partial charge in [-0.05, 0) is 65.0 Å². The first-order valence-electron chi connectivity index (χ1n) is 10.6. The summed E-state index contributed by atoms with van der Waals surface area (Å²) in [6, 6.07) is 27.4. The fourth-order valence-corrected chi connectivity index (χ4v) is 4.31. The van der Waals surface area contributed by atoms with Crippen molar-refractivity contribution in [3.8, 4) is 22.3 Å². The summed E-state index contributed by atoms with van der Waals surface area (Å²) < 4.78 is 0. The zero-order valence-electron chi connectivity index (χ0n) is 16.5. The number of benzene rings is 3. The summed E-state index contributed by atoms with van der Waals surface area (Å²) >= 11 is 0. The molecule has 0 spiro atoms. The number of hydrogen-bond donors (Lipinski definition) is 0. The van der Waals surface area contributed by atoms with Gasteiger partial charge in [-0.1, -0.05) is 99.0 Å². The maximum atomic E-state index is 2.34. The van der Waals surface area contributed by atoms with E-state index in [0.29, 0.717) is 0 Å². The van der Waals surface area contributed by atoms with Crippen molar-refractivity contribution in [2.75, 3.05) is 0 Å². The van der Waals surface area contributed by atoms with Crippen LogP contribution in [0.15, 0.2) is 72.8 Å². The Bertz CT molecular complexity index is 832. The van der Waals surface area contributed by atoms with Gasteiger partial charge in [-0.15, -0.1) is 0 Å².